The molecule has 4 aromatic rings. The number of nitrogen functional groups attached to an aromatic ring is 1. The van der Waals surface area contributed by atoms with E-state index in [-0.39, 0.29) is 5.69 Å². The Labute approximate surface area is 214 Å². The van der Waals surface area contributed by atoms with E-state index in [4.69, 9.17) is 5.73 Å². The zero-order valence-corrected chi connectivity index (χ0v) is 19.2. The van der Waals surface area contributed by atoms with Crippen molar-refractivity contribution in [2.24, 2.45) is 0 Å². The Hall–Kier alpha value is -5.21. The Balaban J connectivity index is 0.000000226. The SMILES string of the molecule is Nc1c(F)cccc1F.O=[N+]([O-])c1cc(F)ccc1F.O=[N+]([O-])c1cc(F)ccc1Nc1c(F)cccc1F. The molecule has 0 radical (unpaired) electrons. The summed E-state index contributed by atoms with van der Waals surface area (Å²) in [7, 11) is 0. The van der Waals surface area contributed by atoms with Gasteiger partial charge in [-0.15, -0.1) is 0 Å². The minimum atomic E-state index is -1.03. The van der Waals surface area contributed by atoms with Crippen molar-refractivity contribution in [3.05, 3.63) is 134 Å². The molecule has 0 aliphatic carbocycles. The summed E-state index contributed by atoms with van der Waals surface area (Å²) >= 11 is 0. The normalized spacial score (nSPS) is 9.92. The van der Waals surface area contributed by atoms with Crippen LogP contribution in [0.5, 0.6) is 0 Å². The molecule has 39 heavy (non-hydrogen) atoms. The highest BCUT2D eigenvalue weighted by atomic mass is 19.2. The molecule has 0 unspecified atom stereocenters. The third-order valence-corrected chi connectivity index (χ3v) is 4.48. The molecule has 15 heteroatoms. The molecule has 4 rings (SSSR count). The van der Waals surface area contributed by atoms with Gasteiger partial charge in [0, 0.05) is 0 Å². The van der Waals surface area contributed by atoms with E-state index in [1.54, 1.807) is 0 Å². The third-order valence-electron chi connectivity index (χ3n) is 4.48. The summed E-state index contributed by atoms with van der Waals surface area (Å²) in [6, 6.07) is 11.4. The molecular weight excluding hydrogens is 541 g/mol. The van der Waals surface area contributed by atoms with Crippen LogP contribution in [0, 0.1) is 60.9 Å². The van der Waals surface area contributed by atoms with Crippen molar-refractivity contribution >= 4 is 28.4 Å². The lowest BCUT2D eigenvalue weighted by Crippen LogP contribution is -2.01. The number of hydrogen-bond acceptors (Lipinski definition) is 6. The van der Waals surface area contributed by atoms with E-state index in [2.05, 4.69) is 5.32 Å². The lowest BCUT2D eigenvalue weighted by molar-refractivity contribution is -0.387. The summed E-state index contributed by atoms with van der Waals surface area (Å²) in [5, 5.41) is 23.0. The van der Waals surface area contributed by atoms with E-state index in [1.165, 1.54) is 6.07 Å². The Bertz CT molecular complexity index is 1470. The van der Waals surface area contributed by atoms with Crippen molar-refractivity contribution in [3.63, 3.8) is 0 Å². The first-order valence-electron chi connectivity index (χ1n) is 10.3. The van der Waals surface area contributed by atoms with Crippen molar-refractivity contribution in [2.45, 2.75) is 0 Å². The first-order valence-corrected chi connectivity index (χ1v) is 10.3. The van der Waals surface area contributed by atoms with Crippen LogP contribution in [0.25, 0.3) is 0 Å². The molecule has 0 saturated heterocycles. The molecule has 3 N–H and O–H groups in total. The number of nitrogens with zero attached hydrogens (tertiary/aromatic N) is 2. The third kappa shape index (κ3) is 8.41. The Morgan fingerprint density at radius 1 is 0.590 bits per heavy atom. The second kappa shape index (κ2) is 13.4. The molecule has 0 heterocycles. The van der Waals surface area contributed by atoms with E-state index in [9.17, 15) is 51.0 Å². The number of para-hydroxylation sites is 2. The Morgan fingerprint density at radius 2 is 1.03 bits per heavy atom. The highest BCUT2D eigenvalue weighted by Crippen LogP contribution is 2.30. The molecule has 0 bridgehead atoms. The molecule has 4 aromatic carbocycles. The molecule has 0 aromatic heterocycles. The second-order valence-electron chi connectivity index (χ2n) is 7.13. The van der Waals surface area contributed by atoms with Gasteiger partial charge in [-0.3, -0.25) is 20.2 Å². The number of nitrogens with two attached hydrogens (primary N) is 1. The van der Waals surface area contributed by atoms with Crippen molar-refractivity contribution < 1.29 is 40.6 Å². The monoisotopic (exact) mass is 556 g/mol. The summed E-state index contributed by atoms with van der Waals surface area (Å²) in [4.78, 5) is 18.9. The van der Waals surface area contributed by atoms with Gasteiger partial charge in [-0.2, -0.15) is 4.39 Å². The number of rotatable bonds is 4. The van der Waals surface area contributed by atoms with E-state index in [1.807, 2.05) is 0 Å². The Kier molecular flexibility index (Phi) is 10.3. The fourth-order valence-corrected chi connectivity index (χ4v) is 2.65. The molecular formula is C24H15F7N4O4. The average molecular weight is 556 g/mol. The summed E-state index contributed by atoms with van der Waals surface area (Å²) in [5.74, 6) is -5.90. The number of anilines is 3. The first kappa shape index (κ1) is 30.0. The molecule has 0 amide bonds. The highest BCUT2D eigenvalue weighted by Gasteiger charge is 2.18. The van der Waals surface area contributed by atoms with Crippen LogP contribution in [-0.2, 0) is 0 Å². The zero-order valence-electron chi connectivity index (χ0n) is 19.2. The van der Waals surface area contributed by atoms with Gasteiger partial charge in [-0.1, -0.05) is 12.1 Å². The summed E-state index contributed by atoms with van der Waals surface area (Å²) in [6.07, 6.45) is 0. The van der Waals surface area contributed by atoms with Crippen molar-refractivity contribution in [1.82, 2.24) is 0 Å². The maximum Gasteiger partial charge on any atom is 0.307 e. The fourth-order valence-electron chi connectivity index (χ4n) is 2.65. The van der Waals surface area contributed by atoms with Gasteiger partial charge in [0.15, 0.2) is 0 Å². The second-order valence-corrected chi connectivity index (χ2v) is 7.13. The van der Waals surface area contributed by atoms with E-state index in [0.29, 0.717) is 18.2 Å². The smallest absolute Gasteiger partial charge is 0.307 e. The minimum Gasteiger partial charge on any atom is -0.394 e. The summed E-state index contributed by atoms with van der Waals surface area (Å²) in [5.41, 5.74) is 2.33. The lowest BCUT2D eigenvalue weighted by Gasteiger charge is -2.09. The predicted octanol–water partition coefficient (Wildman–Crippen LogP) is 7.18. The fraction of sp³-hybridized carbons (Fsp3) is 0. The van der Waals surface area contributed by atoms with Crippen LogP contribution >= 0.6 is 0 Å². The van der Waals surface area contributed by atoms with Crippen LogP contribution in [0.3, 0.4) is 0 Å². The van der Waals surface area contributed by atoms with Crippen molar-refractivity contribution in [2.75, 3.05) is 11.1 Å². The lowest BCUT2D eigenvalue weighted by atomic mass is 10.2. The number of benzene rings is 4. The van der Waals surface area contributed by atoms with Gasteiger partial charge < -0.3 is 11.1 Å². The quantitative estimate of drug-likeness (QED) is 0.119. The first-order chi connectivity index (χ1) is 18.3. The van der Waals surface area contributed by atoms with E-state index >= 15 is 0 Å². The molecule has 8 nitrogen and oxygen atoms in total. The van der Waals surface area contributed by atoms with E-state index in [0.717, 1.165) is 48.5 Å². The molecule has 204 valence electrons. The number of halogens is 7. The molecule has 0 saturated carbocycles. The van der Waals surface area contributed by atoms with Crippen molar-refractivity contribution in [3.8, 4) is 0 Å². The van der Waals surface area contributed by atoms with Crippen LogP contribution in [0.1, 0.15) is 0 Å². The zero-order chi connectivity index (χ0) is 29.3. The number of hydrogen-bond donors (Lipinski definition) is 2. The van der Waals surface area contributed by atoms with Crippen LogP contribution in [0.2, 0.25) is 0 Å². The molecule has 0 aliphatic rings. The molecule has 0 atom stereocenters. The van der Waals surface area contributed by atoms with Gasteiger partial charge in [0.25, 0.3) is 5.69 Å². The highest BCUT2D eigenvalue weighted by molar-refractivity contribution is 5.70. The molecule has 0 spiro atoms. The minimum absolute atomic E-state index is 0.199. The largest absolute Gasteiger partial charge is 0.394 e. The van der Waals surface area contributed by atoms with Crippen molar-refractivity contribution in [1.29, 1.82) is 0 Å². The standard InChI is InChI=1S/C12H7F3N2O2.C6H3F2NO2.C6H5F2N/c13-7-4-5-10(11(6-7)17(18)19)16-12-8(14)2-1-3-9(12)15;7-4-1-2-5(8)6(3-4)9(10)11;7-4-2-1-3-5(8)6(4)9/h1-6,16H;1-3H;1-3H,9H2. The summed E-state index contributed by atoms with van der Waals surface area (Å²) < 4.78 is 88.8. The van der Waals surface area contributed by atoms with Gasteiger partial charge in [0.05, 0.1) is 22.0 Å². The number of nitro groups is 2. The average Bonchev–Trinajstić information content (AvgIpc) is 2.87. The van der Waals surface area contributed by atoms with Gasteiger partial charge in [0.2, 0.25) is 5.82 Å². The van der Waals surface area contributed by atoms with Gasteiger partial charge in [-0.05, 0) is 48.5 Å². The maximum atomic E-state index is 13.4. The van der Waals surface area contributed by atoms with Gasteiger partial charge in [-0.25, -0.2) is 26.3 Å². The van der Waals surface area contributed by atoms with Gasteiger partial charge in [0.1, 0.15) is 52.0 Å². The summed E-state index contributed by atoms with van der Waals surface area (Å²) in [6.45, 7) is 0. The maximum absolute atomic E-state index is 13.4. The van der Waals surface area contributed by atoms with Crippen LogP contribution in [0.4, 0.5) is 59.2 Å². The topological polar surface area (TPSA) is 124 Å². The van der Waals surface area contributed by atoms with Crippen LogP contribution < -0.4 is 11.1 Å². The predicted molar refractivity (Wildman–Crippen MR) is 126 cm³/mol. The molecule has 0 aliphatic heterocycles. The van der Waals surface area contributed by atoms with Crippen LogP contribution in [0.15, 0.2) is 72.8 Å². The Morgan fingerprint density at radius 3 is 1.46 bits per heavy atom. The molecule has 0 fully saturated rings. The number of nitro benzene ring substituents is 2. The van der Waals surface area contributed by atoms with E-state index < -0.39 is 73.3 Å². The number of nitrogens with one attached hydrogen (secondary N) is 1. The van der Waals surface area contributed by atoms with Gasteiger partial charge >= 0.3 is 5.69 Å². The van der Waals surface area contributed by atoms with Crippen LogP contribution in [-0.4, -0.2) is 9.85 Å².